The monoisotopic (exact) mass is 298 g/mol. The highest BCUT2D eigenvalue weighted by Crippen LogP contribution is 2.29. The standard InChI is InChI=1S/C18H38N2O/c1-15(2,3)19(16(4,5)6)13-14(21)20(17(7,8)9)18(10,11)12/h13H2,1-12H3. The summed E-state index contributed by atoms with van der Waals surface area (Å²) in [4.78, 5) is 17.3. The second kappa shape index (κ2) is 5.91. The summed E-state index contributed by atoms with van der Waals surface area (Å²) in [5.41, 5.74) is -0.460. The van der Waals surface area contributed by atoms with Crippen LogP contribution in [-0.4, -0.2) is 44.4 Å². The summed E-state index contributed by atoms with van der Waals surface area (Å²) in [5.74, 6) is 0.194. The van der Waals surface area contributed by atoms with Crippen LogP contribution in [0.25, 0.3) is 0 Å². The van der Waals surface area contributed by atoms with Crippen molar-refractivity contribution in [2.24, 2.45) is 0 Å². The van der Waals surface area contributed by atoms with Gasteiger partial charge >= 0.3 is 0 Å². The Hall–Kier alpha value is -0.570. The van der Waals surface area contributed by atoms with Crippen molar-refractivity contribution in [2.75, 3.05) is 6.54 Å². The first-order chi connectivity index (χ1) is 8.88. The highest BCUT2D eigenvalue weighted by atomic mass is 16.2. The fourth-order valence-electron chi connectivity index (χ4n) is 3.44. The quantitative estimate of drug-likeness (QED) is 0.758. The molecule has 0 aromatic heterocycles. The molecular formula is C18H38N2O. The zero-order valence-corrected chi connectivity index (χ0v) is 16.5. The van der Waals surface area contributed by atoms with E-state index in [4.69, 9.17) is 0 Å². The number of hydrogen-bond donors (Lipinski definition) is 0. The molecule has 0 aliphatic heterocycles. The predicted molar refractivity (Wildman–Crippen MR) is 92.6 cm³/mol. The van der Waals surface area contributed by atoms with Gasteiger partial charge in [0.2, 0.25) is 5.91 Å². The molecule has 1 amide bonds. The van der Waals surface area contributed by atoms with Crippen LogP contribution < -0.4 is 0 Å². The molecule has 0 rings (SSSR count). The fraction of sp³-hybridized carbons (Fsp3) is 0.944. The molecule has 126 valence electrons. The third kappa shape index (κ3) is 5.98. The van der Waals surface area contributed by atoms with Gasteiger partial charge in [0, 0.05) is 22.2 Å². The molecular weight excluding hydrogens is 260 g/mol. The molecule has 3 heteroatoms. The molecule has 0 aliphatic rings. The second-order valence-corrected chi connectivity index (χ2v) is 10.00. The molecule has 0 aromatic carbocycles. The van der Waals surface area contributed by atoms with Crippen molar-refractivity contribution >= 4 is 5.91 Å². The van der Waals surface area contributed by atoms with Crippen LogP contribution >= 0.6 is 0 Å². The average Bonchev–Trinajstić information content (AvgIpc) is 2.04. The first kappa shape index (κ1) is 20.4. The summed E-state index contributed by atoms with van der Waals surface area (Å²) in [7, 11) is 0. The first-order valence-electron chi connectivity index (χ1n) is 7.99. The zero-order valence-electron chi connectivity index (χ0n) is 16.5. The third-order valence-electron chi connectivity index (χ3n) is 3.50. The molecule has 0 spiro atoms. The van der Waals surface area contributed by atoms with Gasteiger partial charge in [-0.3, -0.25) is 9.69 Å². The number of hydrogen-bond acceptors (Lipinski definition) is 2. The van der Waals surface area contributed by atoms with Crippen molar-refractivity contribution in [3.8, 4) is 0 Å². The molecule has 0 unspecified atom stereocenters. The summed E-state index contributed by atoms with van der Waals surface area (Å²) in [6.07, 6.45) is 0. The Bertz CT molecular complexity index is 331. The lowest BCUT2D eigenvalue weighted by molar-refractivity contribution is -0.147. The van der Waals surface area contributed by atoms with Gasteiger partial charge < -0.3 is 4.90 Å². The number of amides is 1. The largest absolute Gasteiger partial charge is 0.332 e. The van der Waals surface area contributed by atoms with Gasteiger partial charge in [0.05, 0.1) is 6.54 Å². The Labute approximate surface area is 133 Å². The van der Waals surface area contributed by atoms with Crippen molar-refractivity contribution in [2.45, 2.75) is 105 Å². The molecule has 3 nitrogen and oxygen atoms in total. The van der Waals surface area contributed by atoms with Gasteiger partial charge in [0.15, 0.2) is 0 Å². The van der Waals surface area contributed by atoms with E-state index in [0.717, 1.165) is 0 Å². The molecule has 0 atom stereocenters. The fourth-order valence-corrected chi connectivity index (χ4v) is 3.44. The smallest absolute Gasteiger partial charge is 0.237 e. The van der Waals surface area contributed by atoms with Crippen LogP contribution in [0.2, 0.25) is 0 Å². The SMILES string of the molecule is CC(C)(C)N(CC(=O)N(C(C)(C)C)C(C)(C)C)C(C)(C)C. The van der Waals surface area contributed by atoms with E-state index in [1.54, 1.807) is 0 Å². The minimum absolute atomic E-state index is 0.0463. The van der Waals surface area contributed by atoms with Crippen molar-refractivity contribution < 1.29 is 4.79 Å². The van der Waals surface area contributed by atoms with E-state index < -0.39 is 0 Å². The molecule has 0 aliphatic carbocycles. The van der Waals surface area contributed by atoms with E-state index in [2.05, 4.69) is 88.0 Å². The highest BCUT2D eigenvalue weighted by Gasteiger charge is 2.39. The minimum atomic E-state index is -0.184. The summed E-state index contributed by atoms with van der Waals surface area (Å²) in [6.45, 7) is 26.1. The summed E-state index contributed by atoms with van der Waals surface area (Å²) < 4.78 is 0. The van der Waals surface area contributed by atoms with Gasteiger partial charge in [-0.1, -0.05) is 0 Å². The van der Waals surface area contributed by atoms with Gasteiger partial charge in [-0.2, -0.15) is 0 Å². The van der Waals surface area contributed by atoms with Crippen LogP contribution in [0.15, 0.2) is 0 Å². The van der Waals surface area contributed by atoms with Crippen LogP contribution in [0, 0.1) is 0 Å². The zero-order chi connectivity index (χ0) is 17.4. The Morgan fingerprint density at radius 3 is 1.10 bits per heavy atom. The molecule has 0 bridgehead atoms. The first-order valence-corrected chi connectivity index (χ1v) is 7.99. The van der Waals surface area contributed by atoms with Crippen LogP contribution in [0.3, 0.4) is 0 Å². The maximum Gasteiger partial charge on any atom is 0.237 e. The maximum atomic E-state index is 13.0. The minimum Gasteiger partial charge on any atom is -0.332 e. The van der Waals surface area contributed by atoms with E-state index in [9.17, 15) is 4.79 Å². The number of carbonyl (C=O) groups is 1. The molecule has 0 aromatic rings. The highest BCUT2D eigenvalue weighted by molar-refractivity contribution is 5.80. The predicted octanol–water partition coefficient (Wildman–Crippen LogP) is 4.31. The van der Waals surface area contributed by atoms with Gasteiger partial charge in [-0.25, -0.2) is 0 Å². The van der Waals surface area contributed by atoms with E-state index in [0.29, 0.717) is 6.54 Å². The van der Waals surface area contributed by atoms with Crippen molar-refractivity contribution in [1.29, 1.82) is 0 Å². The van der Waals surface area contributed by atoms with E-state index in [-0.39, 0.29) is 28.1 Å². The molecule has 0 radical (unpaired) electrons. The van der Waals surface area contributed by atoms with E-state index in [1.807, 2.05) is 4.90 Å². The van der Waals surface area contributed by atoms with Gasteiger partial charge in [0.25, 0.3) is 0 Å². The number of nitrogens with zero attached hydrogens (tertiary/aromatic N) is 2. The van der Waals surface area contributed by atoms with Gasteiger partial charge in [-0.05, 0) is 83.1 Å². The van der Waals surface area contributed by atoms with Crippen LogP contribution in [0.4, 0.5) is 0 Å². The topological polar surface area (TPSA) is 23.6 Å². The second-order valence-electron chi connectivity index (χ2n) is 10.00. The van der Waals surface area contributed by atoms with Crippen molar-refractivity contribution in [3.63, 3.8) is 0 Å². The van der Waals surface area contributed by atoms with Gasteiger partial charge in [0.1, 0.15) is 0 Å². The number of carbonyl (C=O) groups excluding carboxylic acids is 1. The molecule has 0 heterocycles. The summed E-state index contributed by atoms with van der Waals surface area (Å²) in [5, 5.41) is 0. The van der Waals surface area contributed by atoms with E-state index in [1.165, 1.54) is 0 Å². The Morgan fingerprint density at radius 1 is 0.619 bits per heavy atom. The lowest BCUT2D eigenvalue weighted by Gasteiger charge is -2.50. The molecule has 0 fully saturated rings. The van der Waals surface area contributed by atoms with Crippen molar-refractivity contribution in [1.82, 2.24) is 9.80 Å². The third-order valence-corrected chi connectivity index (χ3v) is 3.50. The lowest BCUT2D eigenvalue weighted by atomic mass is 9.93. The molecule has 0 N–H and O–H groups in total. The summed E-state index contributed by atoms with van der Waals surface area (Å²) >= 11 is 0. The number of rotatable bonds is 2. The average molecular weight is 299 g/mol. The molecule has 21 heavy (non-hydrogen) atoms. The van der Waals surface area contributed by atoms with Gasteiger partial charge in [-0.15, -0.1) is 0 Å². The Morgan fingerprint density at radius 2 is 0.905 bits per heavy atom. The summed E-state index contributed by atoms with van der Waals surface area (Å²) in [6, 6.07) is 0. The van der Waals surface area contributed by atoms with Crippen LogP contribution in [-0.2, 0) is 4.79 Å². The van der Waals surface area contributed by atoms with Crippen LogP contribution in [0.5, 0.6) is 0 Å². The normalized spacial score (nSPS) is 14.5. The van der Waals surface area contributed by atoms with Crippen molar-refractivity contribution in [3.05, 3.63) is 0 Å². The van der Waals surface area contributed by atoms with Crippen LogP contribution in [0.1, 0.15) is 83.1 Å². The molecule has 0 saturated carbocycles. The Balaban J connectivity index is 5.50. The lowest BCUT2D eigenvalue weighted by Crippen LogP contribution is -2.62. The Kier molecular flexibility index (Phi) is 5.75. The molecule has 0 saturated heterocycles. The maximum absolute atomic E-state index is 13.0. The van der Waals surface area contributed by atoms with E-state index >= 15 is 0 Å².